The molecule has 1 aromatic carbocycles. The lowest BCUT2D eigenvalue weighted by atomic mass is 10.1. The SMILES string of the molecule is CC(C)CN(c1ccc(C(N)=S)cc1)C(C)C. The van der Waals surface area contributed by atoms with Crippen LogP contribution in [0.3, 0.4) is 0 Å². The Morgan fingerprint density at radius 2 is 1.71 bits per heavy atom. The zero-order chi connectivity index (χ0) is 13.0. The molecule has 3 heteroatoms. The maximum atomic E-state index is 5.60. The van der Waals surface area contributed by atoms with E-state index in [1.54, 1.807) is 0 Å². The quantitative estimate of drug-likeness (QED) is 0.814. The van der Waals surface area contributed by atoms with Gasteiger partial charge in [0.1, 0.15) is 4.99 Å². The van der Waals surface area contributed by atoms with Crippen molar-refractivity contribution in [2.45, 2.75) is 33.7 Å². The van der Waals surface area contributed by atoms with Crippen molar-refractivity contribution in [2.75, 3.05) is 11.4 Å². The smallest absolute Gasteiger partial charge is 0.103 e. The van der Waals surface area contributed by atoms with Crippen molar-refractivity contribution < 1.29 is 0 Å². The average Bonchev–Trinajstić information content (AvgIpc) is 2.25. The Balaban J connectivity index is 2.91. The first kappa shape index (κ1) is 14.0. The number of benzene rings is 1. The van der Waals surface area contributed by atoms with Gasteiger partial charge in [0.05, 0.1) is 0 Å². The van der Waals surface area contributed by atoms with E-state index in [0.717, 1.165) is 12.1 Å². The molecular formula is C14H22N2S. The highest BCUT2D eigenvalue weighted by Crippen LogP contribution is 2.19. The van der Waals surface area contributed by atoms with Crippen LogP contribution >= 0.6 is 12.2 Å². The molecule has 0 saturated carbocycles. The third-order valence-electron chi connectivity index (χ3n) is 2.67. The highest BCUT2D eigenvalue weighted by Gasteiger charge is 2.12. The Labute approximate surface area is 110 Å². The summed E-state index contributed by atoms with van der Waals surface area (Å²) < 4.78 is 0. The molecule has 0 saturated heterocycles. The molecule has 0 unspecified atom stereocenters. The van der Waals surface area contributed by atoms with Gasteiger partial charge in [0, 0.05) is 23.8 Å². The van der Waals surface area contributed by atoms with Gasteiger partial charge in [0.15, 0.2) is 0 Å². The largest absolute Gasteiger partial charge is 0.389 e. The predicted octanol–water partition coefficient (Wildman–Crippen LogP) is 3.19. The van der Waals surface area contributed by atoms with E-state index in [9.17, 15) is 0 Å². The van der Waals surface area contributed by atoms with E-state index in [0.29, 0.717) is 16.9 Å². The standard InChI is InChI=1S/C14H22N2S/c1-10(2)9-16(11(3)4)13-7-5-12(6-8-13)14(15)17/h5-8,10-11H,9H2,1-4H3,(H2,15,17). The van der Waals surface area contributed by atoms with Crippen LogP contribution < -0.4 is 10.6 Å². The average molecular weight is 250 g/mol. The van der Waals surface area contributed by atoms with Crippen molar-refractivity contribution in [3.63, 3.8) is 0 Å². The summed E-state index contributed by atoms with van der Waals surface area (Å²) >= 11 is 4.96. The van der Waals surface area contributed by atoms with Crippen LogP contribution in [-0.2, 0) is 0 Å². The summed E-state index contributed by atoms with van der Waals surface area (Å²) in [4.78, 5) is 2.85. The van der Waals surface area contributed by atoms with Gasteiger partial charge >= 0.3 is 0 Å². The monoisotopic (exact) mass is 250 g/mol. The summed E-state index contributed by atoms with van der Waals surface area (Å²) in [7, 11) is 0. The van der Waals surface area contributed by atoms with Gasteiger partial charge in [0.25, 0.3) is 0 Å². The molecule has 0 atom stereocenters. The molecule has 0 heterocycles. The van der Waals surface area contributed by atoms with Crippen LogP contribution in [0.25, 0.3) is 0 Å². The van der Waals surface area contributed by atoms with E-state index in [-0.39, 0.29) is 0 Å². The summed E-state index contributed by atoms with van der Waals surface area (Å²) in [6, 6.07) is 8.67. The number of anilines is 1. The summed E-state index contributed by atoms with van der Waals surface area (Å²) in [5, 5.41) is 0. The summed E-state index contributed by atoms with van der Waals surface area (Å²) in [6.45, 7) is 9.95. The second kappa shape index (κ2) is 6.01. The van der Waals surface area contributed by atoms with Crippen LogP contribution in [0.1, 0.15) is 33.3 Å². The molecule has 0 fully saturated rings. The van der Waals surface area contributed by atoms with Crippen molar-refractivity contribution in [2.24, 2.45) is 11.7 Å². The molecule has 2 nitrogen and oxygen atoms in total. The van der Waals surface area contributed by atoms with Crippen LogP contribution in [0.15, 0.2) is 24.3 Å². The Morgan fingerprint density at radius 3 is 2.06 bits per heavy atom. The Morgan fingerprint density at radius 1 is 1.18 bits per heavy atom. The number of hydrogen-bond donors (Lipinski definition) is 1. The second-order valence-corrected chi connectivity index (χ2v) is 5.49. The first-order valence-corrected chi connectivity index (χ1v) is 6.49. The van der Waals surface area contributed by atoms with Crippen LogP contribution in [0, 0.1) is 5.92 Å². The molecule has 1 rings (SSSR count). The lowest BCUT2D eigenvalue weighted by Crippen LogP contribution is -2.34. The van der Waals surface area contributed by atoms with Crippen molar-refractivity contribution in [1.82, 2.24) is 0 Å². The van der Waals surface area contributed by atoms with Crippen LogP contribution in [0.2, 0.25) is 0 Å². The van der Waals surface area contributed by atoms with E-state index in [1.165, 1.54) is 5.69 Å². The topological polar surface area (TPSA) is 29.3 Å². The molecular weight excluding hydrogens is 228 g/mol. The predicted molar refractivity (Wildman–Crippen MR) is 79.6 cm³/mol. The molecule has 2 N–H and O–H groups in total. The van der Waals surface area contributed by atoms with E-state index in [2.05, 4.69) is 44.7 Å². The minimum Gasteiger partial charge on any atom is -0.389 e. The van der Waals surface area contributed by atoms with E-state index >= 15 is 0 Å². The molecule has 0 amide bonds. The van der Waals surface area contributed by atoms with Crippen LogP contribution in [0.4, 0.5) is 5.69 Å². The fourth-order valence-corrected chi connectivity index (χ4v) is 1.96. The summed E-state index contributed by atoms with van der Waals surface area (Å²) in [6.07, 6.45) is 0. The Bertz CT molecular complexity index is 368. The number of hydrogen-bond acceptors (Lipinski definition) is 2. The van der Waals surface area contributed by atoms with Gasteiger partial charge in [-0.1, -0.05) is 26.1 Å². The number of nitrogens with two attached hydrogens (primary N) is 1. The highest BCUT2D eigenvalue weighted by molar-refractivity contribution is 7.80. The zero-order valence-electron chi connectivity index (χ0n) is 11.1. The molecule has 0 aliphatic carbocycles. The van der Waals surface area contributed by atoms with Crippen LogP contribution in [0.5, 0.6) is 0 Å². The Hall–Kier alpha value is -1.09. The molecule has 0 aliphatic rings. The molecule has 94 valence electrons. The molecule has 1 aromatic rings. The van der Waals surface area contributed by atoms with Gasteiger partial charge in [-0.3, -0.25) is 0 Å². The van der Waals surface area contributed by atoms with Gasteiger partial charge in [-0.2, -0.15) is 0 Å². The molecule has 0 radical (unpaired) electrons. The fraction of sp³-hybridized carbons (Fsp3) is 0.500. The number of nitrogens with zero attached hydrogens (tertiary/aromatic N) is 1. The van der Waals surface area contributed by atoms with E-state index < -0.39 is 0 Å². The first-order valence-electron chi connectivity index (χ1n) is 6.08. The van der Waals surface area contributed by atoms with Crippen molar-refractivity contribution in [1.29, 1.82) is 0 Å². The lowest BCUT2D eigenvalue weighted by molar-refractivity contribution is 0.571. The third-order valence-corrected chi connectivity index (χ3v) is 2.90. The second-order valence-electron chi connectivity index (χ2n) is 5.05. The fourth-order valence-electron chi connectivity index (χ4n) is 1.82. The van der Waals surface area contributed by atoms with Gasteiger partial charge in [-0.15, -0.1) is 0 Å². The van der Waals surface area contributed by atoms with Gasteiger partial charge in [0.2, 0.25) is 0 Å². The van der Waals surface area contributed by atoms with Crippen molar-refractivity contribution >= 4 is 22.9 Å². The minimum atomic E-state index is 0.455. The molecule has 0 aliphatic heterocycles. The maximum Gasteiger partial charge on any atom is 0.103 e. The summed E-state index contributed by atoms with van der Waals surface area (Å²) in [5.41, 5.74) is 7.76. The van der Waals surface area contributed by atoms with Gasteiger partial charge in [-0.05, 0) is 44.0 Å². The Kier molecular flexibility index (Phi) is 4.94. The molecule has 0 bridgehead atoms. The van der Waals surface area contributed by atoms with Crippen molar-refractivity contribution in [3.8, 4) is 0 Å². The zero-order valence-corrected chi connectivity index (χ0v) is 11.9. The van der Waals surface area contributed by atoms with Crippen molar-refractivity contribution in [3.05, 3.63) is 29.8 Å². The lowest BCUT2D eigenvalue weighted by Gasteiger charge is -2.30. The van der Waals surface area contributed by atoms with Gasteiger partial charge in [-0.25, -0.2) is 0 Å². The third kappa shape index (κ3) is 4.00. The molecule has 0 spiro atoms. The van der Waals surface area contributed by atoms with Crippen LogP contribution in [-0.4, -0.2) is 17.6 Å². The normalized spacial score (nSPS) is 10.9. The maximum absolute atomic E-state index is 5.60. The molecule has 0 aromatic heterocycles. The number of rotatable bonds is 5. The van der Waals surface area contributed by atoms with E-state index in [1.807, 2.05) is 12.1 Å². The first-order chi connectivity index (χ1) is 7.91. The number of thiocarbonyl (C=S) groups is 1. The van der Waals surface area contributed by atoms with Gasteiger partial charge < -0.3 is 10.6 Å². The molecule has 17 heavy (non-hydrogen) atoms. The summed E-state index contributed by atoms with van der Waals surface area (Å²) in [5.74, 6) is 0.646. The van der Waals surface area contributed by atoms with E-state index in [4.69, 9.17) is 18.0 Å². The minimum absolute atomic E-state index is 0.455. The highest BCUT2D eigenvalue weighted by atomic mass is 32.1.